The highest BCUT2D eigenvalue weighted by Crippen LogP contribution is 2.58. The van der Waals surface area contributed by atoms with Crippen LogP contribution in [0.5, 0.6) is 11.8 Å². The lowest BCUT2D eigenvalue weighted by molar-refractivity contribution is -0.195. The van der Waals surface area contributed by atoms with Crippen LogP contribution in [0, 0.1) is 21.7 Å². The van der Waals surface area contributed by atoms with Crippen LogP contribution in [-0.4, -0.2) is 108 Å². The second-order valence-electron chi connectivity index (χ2n) is 24.2. The number of halogens is 8. The summed E-state index contributed by atoms with van der Waals surface area (Å²) in [6.45, 7) is 18.1. The molecule has 4 fully saturated rings. The molecule has 0 radical (unpaired) electrons. The van der Waals surface area contributed by atoms with Gasteiger partial charge in [-0.25, -0.2) is 45.6 Å². The molecule has 28 heteroatoms. The molecule has 2 aliphatic carbocycles. The Bertz CT molecular complexity index is 3560. The second kappa shape index (κ2) is 23.8. The number of hydrogen-bond acceptors (Lipinski definition) is 14. The Balaban J connectivity index is 0.000000211. The molecular weight excluding hydrogens is 1190 g/mol. The third-order valence-corrected chi connectivity index (χ3v) is 17.7. The molecule has 18 nitrogen and oxygen atoms in total. The summed E-state index contributed by atoms with van der Waals surface area (Å²) < 4.78 is 147. The number of nitrogens with zero attached hydrogens (tertiary/aromatic N) is 7. The van der Waals surface area contributed by atoms with Crippen molar-refractivity contribution in [1.82, 2.24) is 44.3 Å². The summed E-state index contributed by atoms with van der Waals surface area (Å²) in [4.78, 5) is 36.4. The zero-order chi connectivity index (χ0) is 60.8. The van der Waals surface area contributed by atoms with Gasteiger partial charge in [-0.15, -0.1) is 22.6 Å². The van der Waals surface area contributed by atoms with Crippen molar-refractivity contribution in [2.75, 3.05) is 31.2 Å². The van der Waals surface area contributed by atoms with Gasteiger partial charge in [-0.05, 0) is 126 Å². The highest BCUT2D eigenvalue weighted by Gasteiger charge is 2.65. The Morgan fingerprint density at radius 1 is 0.607 bits per heavy atom. The van der Waals surface area contributed by atoms with Crippen molar-refractivity contribution in [1.29, 1.82) is 0 Å². The Hall–Kier alpha value is -6.48. The van der Waals surface area contributed by atoms with Gasteiger partial charge in [-0.1, -0.05) is 75.7 Å². The molecule has 10 rings (SSSR count). The van der Waals surface area contributed by atoms with E-state index >= 15 is 0 Å². The number of pyridine rings is 2. The van der Waals surface area contributed by atoms with Crippen molar-refractivity contribution in [2.24, 2.45) is 21.7 Å². The SMILES string of the molecule is CC1(C)CN(c2nc(-n3ccc(OCC4(C(F)(F)F)CC4)n3)ccc2C(=O)NS(=O)(=O)c2ccccc2)C(C)(C)C1.CC1(C)CNC(C)(C)C1.Cl.O=C(NS(=O)(=O)c1ccccc1)c1ccc(-n2ccc(OCC3(C(F)(F)F)CC3)n2)nc1Cl. The molecule has 0 bridgehead atoms. The fourth-order valence-corrected chi connectivity index (χ4v) is 12.4. The maximum Gasteiger partial charge on any atom is 0.397 e. The largest absolute Gasteiger partial charge is 0.476 e. The van der Waals surface area contributed by atoms with Crippen LogP contribution in [0.1, 0.15) is 115 Å². The summed E-state index contributed by atoms with van der Waals surface area (Å²) in [5.41, 5.74) is -3.43. The maximum absolute atomic E-state index is 13.4. The summed E-state index contributed by atoms with van der Waals surface area (Å²) in [5.74, 6) is -1.12. The molecule has 2 aromatic carbocycles. The number of ether oxygens (including phenoxy) is 2. The number of hydrogen-bond donors (Lipinski definition) is 3. The average Bonchev–Trinajstić information content (AvgIpc) is 2.75. The fraction of sp³-hybridized carbons (Fsp3) is 0.464. The van der Waals surface area contributed by atoms with Crippen molar-refractivity contribution in [3.05, 3.63) is 126 Å². The van der Waals surface area contributed by atoms with Gasteiger partial charge in [0.1, 0.15) is 35.0 Å². The van der Waals surface area contributed by atoms with E-state index in [4.69, 9.17) is 26.1 Å². The van der Waals surface area contributed by atoms with Gasteiger partial charge in [0.25, 0.3) is 31.9 Å². The molecule has 6 aromatic rings. The van der Waals surface area contributed by atoms with Crippen LogP contribution in [0.2, 0.25) is 5.15 Å². The number of amides is 2. The minimum atomic E-state index is -4.34. The number of carbonyl (C=O) groups excluding carboxylic acids is 2. The standard InChI is InChI=1S/C28H32F3N5O4S.C20H16ClF3N4O4S.C8H17N.ClH/c1-25(2)16-26(3,4)35(17-25)23-20(24(37)34-41(38,39)19-8-6-5-7-9-19)10-11-21(32-23)36-15-12-22(33-36)40-18-27(13-14-27)28(29,30)31;21-17-14(18(29)27-33(30,31)13-4-2-1-3-5-13)6-7-15(25-17)28-11-8-16(26-28)32-12-19(9-10-19)20(22,23)24;1-7(2)5-8(3,4)9-6-7;/h5-12,15H,13-14,16-18H2,1-4H3,(H,34,37);1-8,11H,9-10,12H2,(H,27,29);9H,5-6H2,1-4H3;1H. The number of sulfonamides is 2. The summed E-state index contributed by atoms with van der Waals surface area (Å²) in [6.07, 6.45) is -3.62. The second-order valence-corrected chi connectivity index (χ2v) is 27.9. The van der Waals surface area contributed by atoms with E-state index in [1.54, 1.807) is 24.3 Å². The summed E-state index contributed by atoms with van der Waals surface area (Å²) in [6, 6.07) is 23.3. The molecule has 6 heterocycles. The van der Waals surface area contributed by atoms with E-state index in [0.717, 1.165) is 6.42 Å². The summed E-state index contributed by atoms with van der Waals surface area (Å²) in [7, 11) is -8.25. The van der Waals surface area contributed by atoms with E-state index in [2.05, 4.69) is 66.8 Å². The van der Waals surface area contributed by atoms with Gasteiger partial charge in [0.2, 0.25) is 11.8 Å². The third-order valence-electron chi connectivity index (χ3n) is 14.7. The number of anilines is 1. The molecule has 2 amide bonds. The van der Waals surface area contributed by atoms with E-state index in [9.17, 15) is 52.8 Å². The van der Waals surface area contributed by atoms with Crippen molar-refractivity contribution >= 4 is 61.7 Å². The first-order chi connectivity index (χ1) is 38.4. The molecule has 2 saturated heterocycles. The van der Waals surface area contributed by atoms with Crippen LogP contribution < -0.4 is 29.1 Å². The lowest BCUT2D eigenvalue weighted by atomic mass is 9.86. The van der Waals surface area contributed by atoms with Crippen LogP contribution in [0.25, 0.3) is 11.6 Å². The quantitative estimate of drug-likeness (QED) is 0.0643. The van der Waals surface area contributed by atoms with Crippen molar-refractivity contribution in [3.8, 4) is 23.4 Å². The molecule has 4 aromatic heterocycles. The summed E-state index contributed by atoms with van der Waals surface area (Å²) >= 11 is 6.07. The molecule has 0 spiro atoms. The van der Waals surface area contributed by atoms with E-state index in [1.807, 2.05) is 23.5 Å². The first kappa shape index (κ1) is 65.1. The molecule has 0 unspecified atom stereocenters. The van der Waals surface area contributed by atoms with Gasteiger partial charge in [0.05, 0.1) is 20.9 Å². The topological polar surface area (TPSA) is 222 Å². The Morgan fingerprint density at radius 3 is 1.39 bits per heavy atom. The first-order valence-electron chi connectivity index (χ1n) is 26.4. The van der Waals surface area contributed by atoms with Gasteiger partial charge in [0, 0.05) is 48.7 Å². The van der Waals surface area contributed by atoms with Crippen molar-refractivity contribution < 1.29 is 62.2 Å². The van der Waals surface area contributed by atoms with Crippen LogP contribution in [-0.2, 0) is 20.0 Å². The molecule has 456 valence electrons. The van der Waals surface area contributed by atoms with E-state index in [1.165, 1.54) is 108 Å². The predicted octanol–water partition coefficient (Wildman–Crippen LogP) is 11.1. The predicted molar refractivity (Wildman–Crippen MR) is 304 cm³/mol. The maximum atomic E-state index is 13.4. The van der Waals surface area contributed by atoms with Gasteiger partial charge < -0.3 is 19.7 Å². The van der Waals surface area contributed by atoms with Gasteiger partial charge in [-0.2, -0.15) is 26.3 Å². The molecule has 84 heavy (non-hydrogen) atoms. The normalized spacial score (nSPS) is 18.6. The minimum Gasteiger partial charge on any atom is -0.476 e. The highest BCUT2D eigenvalue weighted by atomic mass is 35.5. The lowest BCUT2D eigenvalue weighted by Crippen LogP contribution is -2.41. The number of aromatic nitrogens is 6. The first-order valence-corrected chi connectivity index (χ1v) is 29.7. The Kier molecular flexibility index (Phi) is 18.4. The zero-order valence-corrected chi connectivity index (χ0v) is 50.4. The third kappa shape index (κ3) is 15.3. The van der Waals surface area contributed by atoms with Crippen molar-refractivity contribution in [3.63, 3.8) is 0 Å². The molecule has 2 aliphatic heterocycles. The van der Waals surface area contributed by atoms with E-state index < -0.39 is 73.8 Å². The van der Waals surface area contributed by atoms with Crippen LogP contribution in [0.15, 0.2) is 119 Å². The Labute approximate surface area is 495 Å². The molecular formula is C56H66Cl2F6N10O8S2. The van der Waals surface area contributed by atoms with E-state index in [-0.39, 0.29) is 98.8 Å². The van der Waals surface area contributed by atoms with E-state index in [0.29, 0.717) is 17.5 Å². The Morgan fingerprint density at radius 2 is 1.04 bits per heavy atom. The molecule has 3 N–H and O–H groups in total. The van der Waals surface area contributed by atoms with Crippen molar-refractivity contribution in [2.45, 2.75) is 127 Å². The van der Waals surface area contributed by atoms with Crippen LogP contribution in [0.3, 0.4) is 0 Å². The van der Waals surface area contributed by atoms with Gasteiger partial charge >= 0.3 is 12.4 Å². The van der Waals surface area contributed by atoms with Gasteiger partial charge in [0.15, 0.2) is 11.6 Å². The molecule has 2 saturated carbocycles. The van der Waals surface area contributed by atoms with Gasteiger partial charge in [-0.3, -0.25) is 9.59 Å². The monoisotopic (exact) mass is 1250 g/mol. The number of alkyl halides is 6. The average molecular weight is 1260 g/mol. The number of carbonyl (C=O) groups is 2. The zero-order valence-electron chi connectivity index (χ0n) is 47.2. The van der Waals surface area contributed by atoms with Crippen LogP contribution in [0.4, 0.5) is 32.2 Å². The number of benzene rings is 2. The number of nitrogens with one attached hydrogen (secondary N) is 3. The summed E-state index contributed by atoms with van der Waals surface area (Å²) in [5, 5.41) is 11.5. The lowest BCUT2D eigenvalue weighted by Gasteiger charge is -2.34. The molecule has 4 aliphatic rings. The minimum absolute atomic E-state index is 0. The van der Waals surface area contributed by atoms with Crippen LogP contribution >= 0.6 is 24.0 Å². The fourth-order valence-electron chi connectivity index (χ4n) is 10.2. The smallest absolute Gasteiger partial charge is 0.397 e. The molecule has 0 atom stereocenters. The highest BCUT2D eigenvalue weighted by molar-refractivity contribution is 7.90. The number of rotatable bonds is 15.